The van der Waals surface area contributed by atoms with Crippen molar-refractivity contribution in [3.05, 3.63) is 76.5 Å². The number of benzene rings is 2. The molecule has 1 aliphatic heterocycles. The zero-order chi connectivity index (χ0) is 26.0. The minimum atomic E-state index is -0.506. The lowest BCUT2D eigenvalue weighted by molar-refractivity contribution is 0.274. The van der Waals surface area contributed by atoms with Crippen LogP contribution in [0.15, 0.2) is 53.6 Å². The molecule has 0 aliphatic carbocycles. The van der Waals surface area contributed by atoms with Crippen LogP contribution < -0.4 is 27.1 Å². The van der Waals surface area contributed by atoms with Gasteiger partial charge < -0.3 is 21.2 Å². The standard InChI is InChI=1S/C28H38N6OS/c1-6-34(31)23-12-11-22(19(3)26(23)29)25(28(4,5)30)20-10-9-18(2)21(16-20)17-33-14-15-35-27-24(36-33)8-7-13-32-27/h7-13,16,25H,6,14-15,17,29-31H2,1-5H3. The third-order valence-electron chi connectivity index (χ3n) is 6.84. The van der Waals surface area contributed by atoms with E-state index in [0.717, 1.165) is 34.8 Å². The Balaban J connectivity index is 1.69. The molecule has 1 unspecified atom stereocenters. The van der Waals surface area contributed by atoms with Gasteiger partial charge in [-0.05, 0) is 92.6 Å². The average Bonchev–Trinajstić information content (AvgIpc) is 3.04. The highest BCUT2D eigenvalue weighted by atomic mass is 32.2. The van der Waals surface area contributed by atoms with Gasteiger partial charge in [-0.15, -0.1) is 0 Å². The molecular weight excluding hydrogens is 468 g/mol. The average molecular weight is 507 g/mol. The predicted molar refractivity (Wildman–Crippen MR) is 150 cm³/mol. The van der Waals surface area contributed by atoms with Crippen molar-refractivity contribution in [2.75, 3.05) is 30.4 Å². The fourth-order valence-electron chi connectivity index (χ4n) is 4.80. The lowest BCUT2D eigenvalue weighted by Crippen LogP contribution is -2.40. The van der Waals surface area contributed by atoms with E-state index in [0.29, 0.717) is 24.7 Å². The van der Waals surface area contributed by atoms with Gasteiger partial charge in [-0.2, -0.15) is 0 Å². The molecule has 0 bridgehead atoms. The lowest BCUT2D eigenvalue weighted by atomic mass is 9.75. The molecule has 0 fully saturated rings. The Morgan fingerprint density at radius 1 is 1.19 bits per heavy atom. The van der Waals surface area contributed by atoms with Gasteiger partial charge in [0.25, 0.3) is 0 Å². The first-order valence-corrected chi connectivity index (χ1v) is 13.2. The summed E-state index contributed by atoms with van der Waals surface area (Å²) >= 11 is 1.70. The monoisotopic (exact) mass is 506 g/mol. The summed E-state index contributed by atoms with van der Waals surface area (Å²) in [6.45, 7) is 13.3. The van der Waals surface area contributed by atoms with E-state index in [1.54, 1.807) is 23.2 Å². The Kier molecular flexibility index (Phi) is 7.80. The zero-order valence-corrected chi connectivity index (χ0v) is 22.7. The van der Waals surface area contributed by atoms with Gasteiger partial charge in [-0.1, -0.05) is 24.3 Å². The van der Waals surface area contributed by atoms with E-state index in [2.05, 4.69) is 67.3 Å². The fraction of sp³-hybridized carbons (Fsp3) is 0.393. The normalized spacial score (nSPS) is 15.1. The van der Waals surface area contributed by atoms with Gasteiger partial charge in [0.2, 0.25) is 5.88 Å². The van der Waals surface area contributed by atoms with Crippen molar-refractivity contribution in [1.82, 2.24) is 9.29 Å². The minimum Gasteiger partial charge on any atom is -0.475 e. The van der Waals surface area contributed by atoms with Gasteiger partial charge in [0.1, 0.15) is 6.61 Å². The summed E-state index contributed by atoms with van der Waals surface area (Å²) in [5, 5.41) is 1.68. The van der Waals surface area contributed by atoms with Crippen LogP contribution >= 0.6 is 11.9 Å². The molecule has 1 aromatic heterocycles. The maximum Gasteiger partial charge on any atom is 0.228 e. The molecule has 3 aromatic rings. The van der Waals surface area contributed by atoms with Gasteiger partial charge >= 0.3 is 0 Å². The number of pyridine rings is 1. The second kappa shape index (κ2) is 10.7. The Morgan fingerprint density at radius 3 is 2.69 bits per heavy atom. The summed E-state index contributed by atoms with van der Waals surface area (Å²) in [5.74, 6) is 6.83. The molecule has 192 valence electrons. The molecule has 6 N–H and O–H groups in total. The van der Waals surface area contributed by atoms with E-state index in [-0.39, 0.29) is 5.92 Å². The van der Waals surface area contributed by atoms with E-state index >= 15 is 0 Å². The highest BCUT2D eigenvalue weighted by molar-refractivity contribution is 7.97. The first-order valence-electron chi connectivity index (χ1n) is 12.4. The molecule has 0 spiro atoms. The van der Waals surface area contributed by atoms with Gasteiger partial charge in [-0.3, -0.25) is 0 Å². The number of rotatable bonds is 7. The van der Waals surface area contributed by atoms with Crippen LogP contribution in [0.4, 0.5) is 11.4 Å². The summed E-state index contributed by atoms with van der Waals surface area (Å²) in [6, 6.07) is 14.8. The smallest absolute Gasteiger partial charge is 0.228 e. The molecule has 2 heterocycles. The molecule has 0 saturated heterocycles. The number of aryl methyl sites for hydroxylation is 1. The Labute approximate surface area is 219 Å². The van der Waals surface area contributed by atoms with Crippen LogP contribution in [-0.2, 0) is 6.54 Å². The van der Waals surface area contributed by atoms with E-state index in [9.17, 15) is 0 Å². The molecule has 0 radical (unpaired) electrons. The molecule has 2 aromatic carbocycles. The SMILES string of the molecule is CCN(N)c1ccc(C(c2ccc(C)c(CN3CCOc4ncccc4S3)c2)C(C)(C)N)c(C)c1N. The quantitative estimate of drug-likeness (QED) is 0.182. The van der Waals surface area contributed by atoms with Crippen molar-refractivity contribution in [3.63, 3.8) is 0 Å². The molecule has 8 heteroatoms. The number of hydrogen-bond acceptors (Lipinski definition) is 8. The third kappa shape index (κ3) is 5.47. The number of nitrogens with zero attached hydrogens (tertiary/aromatic N) is 3. The Hall–Kier alpha value is -2.78. The van der Waals surface area contributed by atoms with Crippen LogP contribution in [0.5, 0.6) is 5.88 Å². The molecule has 4 rings (SSSR count). The number of nitrogen functional groups attached to an aromatic ring is 1. The van der Waals surface area contributed by atoms with Crippen LogP contribution in [0, 0.1) is 13.8 Å². The number of ether oxygens (including phenoxy) is 1. The largest absolute Gasteiger partial charge is 0.475 e. The Morgan fingerprint density at radius 2 is 1.97 bits per heavy atom. The zero-order valence-electron chi connectivity index (χ0n) is 21.9. The summed E-state index contributed by atoms with van der Waals surface area (Å²) in [5.41, 5.74) is 20.3. The Bertz CT molecular complexity index is 1230. The van der Waals surface area contributed by atoms with Gasteiger partial charge in [0, 0.05) is 37.3 Å². The van der Waals surface area contributed by atoms with Crippen molar-refractivity contribution in [2.24, 2.45) is 11.6 Å². The first-order chi connectivity index (χ1) is 17.1. The van der Waals surface area contributed by atoms with Crippen molar-refractivity contribution < 1.29 is 4.74 Å². The van der Waals surface area contributed by atoms with E-state index in [1.165, 1.54) is 16.7 Å². The highest BCUT2D eigenvalue weighted by Crippen LogP contribution is 2.40. The van der Waals surface area contributed by atoms with Crippen molar-refractivity contribution in [1.29, 1.82) is 0 Å². The molecule has 0 amide bonds. The second-order valence-corrected chi connectivity index (χ2v) is 11.2. The first kappa shape index (κ1) is 26.3. The van der Waals surface area contributed by atoms with Crippen molar-refractivity contribution >= 4 is 23.3 Å². The van der Waals surface area contributed by atoms with Gasteiger partial charge in [0.15, 0.2) is 0 Å². The van der Waals surface area contributed by atoms with Crippen LogP contribution in [0.3, 0.4) is 0 Å². The molecular formula is C28H38N6OS. The fourth-order valence-corrected chi connectivity index (χ4v) is 5.78. The molecule has 1 aliphatic rings. The minimum absolute atomic E-state index is 0.0360. The number of fused-ring (bicyclic) bond motifs is 1. The molecule has 36 heavy (non-hydrogen) atoms. The van der Waals surface area contributed by atoms with Crippen LogP contribution in [0.2, 0.25) is 0 Å². The third-order valence-corrected chi connectivity index (χ3v) is 7.91. The van der Waals surface area contributed by atoms with Crippen LogP contribution in [0.25, 0.3) is 0 Å². The molecule has 1 atom stereocenters. The number of nitrogens with two attached hydrogens (primary N) is 3. The summed E-state index contributed by atoms with van der Waals surface area (Å²) in [7, 11) is 0. The maximum atomic E-state index is 6.82. The summed E-state index contributed by atoms with van der Waals surface area (Å²) in [6.07, 6.45) is 1.77. The van der Waals surface area contributed by atoms with E-state index in [1.807, 2.05) is 19.1 Å². The summed E-state index contributed by atoms with van der Waals surface area (Å²) < 4.78 is 8.19. The number of aromatic nitrogens is 1. The van der Waals surface area contributed by atoms with Gasteiger partial charge in [-0.25, -0.2) is 15.1 Å². The number of anilines is 2. The van der Waals surface area contributed by atoms with Crippen LogP contribution in [-0.4, -0.2) is 34.5 Å². The predicted octanol–water partition coefficient (Wildman–Crippen LogP) is 4.75. The highest BCUT2D eigenvalue weighted by Gasteiger charge is 2.31. The maximum absolute atomic E-state index is 6.82. The van der Waals surface area contributed by atoms with Crippen LogP contribution in [0.1, 0.15) is 54.5 Å². The van der Waals surface area contributed by atoms with Crippen molar-refractivity contribution in [2.45, 2.75) is 57.5 Å². The van der Waals surface area contributed by atoms with E-state index < -0.39 is 5.54 Å². The van der Waals surface area contributed by atoms with Gasteiger partial charge in [0.05, 0.1) is 16.3 Å². The molecule has 0 saturated carbocycles. The second-order valence-electron chi connectivity index (χ2n) is 10.0. The molecule has 7 nitrogen and oxygen atoms in total. The summed E-state index contributed by atoms with van der Waals surface area (Å²) in [4.78, 5) is 5.41. The lowest BCUT2D eigenvalue weighted by Gasteiger charge is -2.34. The van der Waals surface area contributed by atoms with E-state index in [4.69, 9.17) is 22.0 Å². The van der Waals surface area contributed by atoms with Crippen molar-refractivity contribution in [3.8, 4) is 5.88 Å². The number of hydrogen-bond donors (Lipinski definition) is 3. The topological polar surface area (TPSA) is 107 Å². The number of hydrazine groups is 1.